The number of carbonyl (C=O) groups is 2. The number of aryl methyl sites for hydroxylation is 2. The summed E-state index contributed by atoms with van der Waals surface area (Å²) >= 11 is 0. The van der Waals surface area contributed by atoms with Crippen LogP contribution in [0.1, 0.15) is 36.0 Å². The number of hydrogen-bond donors (Lipinski definition) is 1. The zero-order valence-electron chi connectivity index (χ0n) is 14.3. The Hall–Kier alpha value is -2.62. The summed E-state index contributed by atoms with van der Waals surface area (Å²) in [6.07, 6.45) is 0.192. The number of nitrogens with zero attached hydrogens (tertiary/aromatic N) is 1. The SMILES string of the molecule is CCN(C(=O)C1CC(=O)Nc2ccccc21)c1cc(C)ccc1C. The zero-order valence-corrected chi connectivity index (χ0v) is 14.3. The maximum absolute atomic E-state index is 13.2. The first kappa shape index (κ1) is 16.2. The highest BCUT2D eigenvalue weighted by atomic mass is 16.2. The molecule has 0 aromatic heterocycles. The van der Waals surface area contributed by atoms with E-state index in [1.165, 1.54) is 0 Å². The maximum atomic E-state index is 13.2. The molecule has 0 fully saturated rings. The summed E-state index contributed by atoms with van der Waals surface area (Å²) < 4.78 is 0. The lowest BCUT2D eigenvalue weighted by Gasteiger charge is -2.31. The first-order valence-corrected chi connectivity index (χ1v) is 8.28. The number of likely N-dealkylation sites (N-methyl/N-ethyl adjacent to an activating group) is 1. The van der Waals surface area contributed by atoms with Gasteiger partial charge in [-0.2, -0.15) is 0 Å². The first-order chi connectivity index (χ1) is 11.5. The molecule has 1 aliphatic heterocycles. The molecule has 24 heavy (non-hydrogen) atoms. The Morgan fingerprint density at radius 2 is 1.96 bits per heavy atom. The molecule has 0 spiro atoms. The van der Waals surface area contributed by atoms with Crippen LogP contribution in [0.2, 0.25) is 0 Å². The molecule has 0 saturated carbocycles. The Bertz CT molecular complexity index is 798. The second kappa shape index (κ2) is 6.48. The maximum Gasteiger partial charge on any atom is 0.235 e. The van der Waals surface area contributed by atoms with Crippen LogP contribution in [-0.2, 0) is 9.59 Å². The molecule has 1 heterocycles. The van der Waals surface area contributed by atoms with Crippen molar-refractivity contribution in [1.82, 2.24) is 0 Å². The third-order valence-electron chi connectivity index (χ3n) is 4.54. The van der Waals surface area contributed by atoms with Crippen LogP contribution in [0.15, 0.2) is 42.5 Å². The van der Waals surface area contributed by atoms with Gasteiger partial charge in [0.25, 0.3) is 0 Å². The van der Waals surface area contributed by atoms with E-state index >= 15 is 0 Å². The van der Waals surface area contributed by atoms with Gasteiger partial charge in [-0.3, -0.25) is 9.59 Å². The van der Waals surface area contributed by atoms with Crippen LogP contribution in [0.5, 0.6) is 0 Å². The highest BCUT2D eigenvalue weighted by Crippen LogP contribution is 2.35. The van der Waals surface area contributed by atoms with Gasteiger partial charge in [0.15, 0.2) is 0 Å². The fraction of sp³-hybridized carbons (Fsp3) is 0.300. The number of hydrogen-bond acceptors (Lipinski definition) is 2. The molecule has 1 aliphatic rings. The number of para-hydroxylation sites is 1. The number of fused-ring (bicyclic) bond motifs is 1. The molecule has 0 aliphatic carbocycles. The van der Waals surface area contributed by atoms with E-state index in [1.807, 2.05) is 63.2 Å². The van der Waals surface area contributed by atoms with Crippen molar-refractivity contribution < 1.29 is 9.59 Å². The van der Waals surface area contributed by atoms with E-state index < -0.39 is 5.92 Å². The molecule has 4 heteroatoms. The Balaban J connectivity index is 2.01. The predicted octanol–water partition coefficient (Wildman–Crippen LogP) is 3.78. The van der Waals surface area contributed by atoms with Crippen LogP contribution in [0.25, 0.3) is 0 Å². The van der Waals surface area contributed by atoms with Crippen LogP contribution in [0, 0.1) is 13.8 Å². The van der Waals surface area contributed by atoms with Crippen LogP contribution >= 0.6 is 0 Å². The Morgan fingerprint density at radius 1 is 1.21 bits per heavy atom. The van der Waals surface area contributed by atoms with Crippen molar-refractivity contribution in [3.63, 3.8) is 0 Å². The number of anilines is 2. The minimum Gasteiger partial charge on any atom is -0.326 e. The van der Waals surface area contributed by atoms with Crippen LogP contribution in [0.4, 0.5) is 11.4 Å². The molecule has 124 valence electrons. The lowest BCUT2D eigenvalue weighted by atomic mass is 9.89. The Labute approximate surface area is 142 Å². The van der Waals surface area contributed by atoms with Gasteiger partial charge in [0.05, 0.1) is 5.92 Å². The standard InChI is InChI=1S/C20H22N2O2/c1-4-22(18-11-13(2)9-10-14(18)3)20(24)16-12-19(23)21-17-8-6-5-7-15(16)17/h5-11,16H,4,12H2,1-3H3,(H,21,23). The Kier molecular flexibility index (Phi) is 4.38. The van der Waals surface area contributed by atoms with Crippen molar-refractivity contribution in [3.8, 4) is 0 Å². The molecule has 2 aromatic carbocycles. The van der Waals surface area contributed by atoms with E-state index in [2.05, 4.69) is 5.32 Å². The summed E-state index contributed by atoms with van der Waals surface area (Å²) in [5.74, 6) is -0.563. The third-order valence-corrected chi connectivity index (χ3v) is 4.54. The lowest BCUT2D eigenvalue weighted by Crippen LogP contribution is -2.39. The van der Waals surface area contributed by atoms with Gasteiger partial charge < -0.3 is 10.2 Å². The van der Waals surface area contributed by atoms with Gasteiger partial charge in [-0.15, -0.1) is 0 Å². The molecule has 1 N–H and O–H groups in total. The van der Waals surface area contributed by atoms with Gasteiger partial charge in [-0.25, -0.2) is 0 Å². The highest BCUT2D eigenvalue weighted by Gasteiger charge is 2.33. The number of nitrogens with one attached hydrogen (secondary N) is 1. The van der Waals surface area contributed by atoms with E-state index in [1.54, 1.807) is 4.90 Å². The minimum absolute atomic E-state index is 0.0199. The smallest absolute Gasteiger partial charge is 0.235 e. The number of amides is 2. The zero-order chi connectivity index (χ0) is 17.3. The molecule has 3 rings (SSSR count). The van der Waals surface area contributed by atoms with Gasteiger partial charge in [-0.05, 0) is 49.6 Å². The van der Waals surface area contributed by atoms with Gasteiger partial charge in [0, 0.05) is 24.3 Å². The van der Waals surface area contributed by atoms with Crippen molar-refractivity contribution in [2.75, 3.05) is 16.8 Å². The number of carbonyl (C=O) groups excluding carboxylic acids is 2. The topological polar surface area (TPSA) is 49.4 Å². The van der Waals surface area contributed by atoms with Gasteiger partial charge in [0.1, 0.15) is 0 Å². The second-order valence-electron chi connectivity index (χ2n) is 6.26. The fourth-order valence-electron chi connectivity index (χ4n) is 3.27. The normalized spacial score (nSPS) is 16.3. The summed E-state index contributed by atoms with van der Waals surface area (Å²) in [6, 6.07) is 13.7. The molecule has 0 saturated heterocycles. The third kappa shape index (κ3) is 2.92. The van der Waals surface area contributed by atoms with Crippen molar-refractivity contribution in [3.05, 3.63) is 59.2 Å². The summed E-state index contributed by atoms with van der Waals surface area (Å²) in [5.41, 5.74) is 4.73. The van der Waals surface area contributed by atoms with Crippen LogP contribution in [-0.4, -0.2) is 18.4 Å². The monoisotopic (exact) mass is 322 g/mol. The van der Waals surface area contributed by atoms with Crippen molar-refractivity contribution in [2.45, 2.75) is 33.1 Å². The van der Waals surface area contributed by atoms with E-state index in [4.69, 9.17) is 0 Å². The van der Waals surface area contributed by atoms with Crippen molar-refractivity contribution in [2.24, 2.45) is 0 Å². The molecule has 0 bridgehead atoms. The van der Waals surface area contributed by atoms with E-state index in [-0.39, 0.29) is 18.2 Å². The van der Waals surface area contributed by atoms with Gasteiger partial charge in [0.2, 0.25) is 11.8 Å². The average Bonchev–Trinajstić information content (AvgIpc) is 2.57. The van der Waals surface area contributed by atoms with Gasteiger partial charge >= 0.3 is 0 Å². The Morgan fingerprint density at radius 3 is 2.71 bits per heavy atom. The highest BCUT2D eigenvalue weighted by molar-refractivity contribution is 6.06. The number of benzene rings is 2. The summed E-state index contributed by atoms with van der Waals surface area (Å²) in [4.78, 5) is 27.1. The quantitative estimate of drug-likeness (QED) is 0.935. The van der Waals surface area contributed by atoms with Crippen LogP contribution < -0.4 is 10.2 Å². The lowest BCUT2D eigenvalue weighted by molar-refractivity contribution is -0.124. The summed E-state index contributed by atoms with van der Waals surface area (Å²) in [5, 5.41) is 2.85. The molecular formula is C20H22N2O2. The largest absolute Gasteiger partial charge is 0.326 e. The van der Waals surface area contributed by atoms with E-state index in [0.29, 0.717) is 6.54 Å². The predicted molar refractivity (Wildman–Crippen MR) is 96.4 cm³/mol. The van der Waals surface area contributed by atoms with Crippen molar-refractivity contribution >= 4 is 23.2 Å². The molecule has 1 unspecified atom stereocenters. The minimum atomic E-state index is -0.435. The van der Waals surface area contributed by atoms with E-state index in [9.17, 15) is 9.59 Å². The van der Waals surface area contributed by atoms with Gasteiger partial charge in [-0.1, -0.05) is 30.3 Å². The fourth-order valence-corrected chi connectivity index (χ4v) is 3.27. The first-order valence-electron chi connectivity index (χ1n) is 8.28. The van der Waals surface area contributed by atoms with Crippen molar-refractivity contribution in [1.29, 1.82) is 0 Å². The average molecular weight is 322 g/mol. The second-order valence-corrected chi connectivity index (χ2v) is 6.26. The number of rotatable bonds is 3. The van der Waals surface area contributed by atoms with Crippen LogP contribution in [0.3, 0.4) is 0 Å². The molecular weight excluding hydrogens is 300 g/mol. The molecule has 1 atom stereocenters. The van der Waals surface area contributed by atoms with E-state index in [0.717, 1.165) is 28.1 Å². The molecule has 4 nitrogen and oxygen atoms in total. The molecule has 2 amide bonds. The summed E-state index contributed by atoms with van der Waals surface area (Å²) in [6.45, 7) is 6.56. The summed E-state index contributed by atoms with van der Waals surface area (Å²) in [7, 11) is 0. The molecule has 2 aromatic rings. The molecule has 0 radical (unpaired) electrons.